The highest BCUT2D eigenvalue weighted by Crippen LogP contribution is 2.46. The van der Waals surface area contributed by atoms with Gasteiger partial charge in [0.15, 0.2) is 5.17 Å². The largest absolute Gasteiger partial charge is 0.466 e. The predicted molar refractivity (Wildman–Crippen MR) is 119 cm³/mol. The standard InChI is InChI=1S/C23H27N3O3S/c1-4-18-20(22(28)29-3)21(17-8-6-5-7-14(17)2)26-16(13-30-23(26)25-18)11-19(27)24-12-15-9-10-15/h5-8,13,15,21H,4,9-12H2,1-3H3,(H,24,27)/t21-/m0/s1. The van der Waals surface area contributed by atoms with Gasteiger partial charge in [-0.15, -0.1) is 0 Å². The Kier molecular flexibility index (Phi) is 5.99. The van der Waals surface area contributed by atoms with Gasteiger partial charge in [0, 0.05) is 12.2 Å². The lowest BCUT2D eigenvalue weighted by Crippen LogP contribution is -2.38. The van der Waals surface area contributed by atoms with Gasteiger partial charge in [0.05, 0.1) is 30.8 Å². The number of carbonyl (C=O) groups excluding carboxylic acids is 2. The van der Waals surface area contributed by atoms with Crippen LogP contribution in [0.25, 0.3) is 0 Å². The maximum atomic E-state index is 12.9. The molecule has 2 heterocycles. The van der Waals surface area contributed by atoms with Crippen molar-refractivity contribution in [1.29, 1.82) is 0 Å². The van der Waals surface area contributed by atoms with Gasteiger partial charge in [0.2, 0.25) is 5.91 Å². The second-order valence-corrected chi connectivity index (χ2v) is 8.72. The fourth-order valence-corrected chi connectivity index (χ4v) is 4.84. The molecular formula is C23H27N3O3S. The van der Waals surface area contributed by atoms with Gasteiger partial charge in [0.25, 0.3) is 0 Å². The van der Waals surface area contributed by atoms with E-state index in [9.17, 15) is 9.59 Å². The molecule has 1 aliphatic carbocycles. The summed E-state index contributed by atoms with van der Waals surface area (Å²) in [4.78, 5) is 32.2. The first-order valence-electron chi connectivity index (χ1n) is 10.4. The second kappa shape index (κ2) is 8.68. The number of methoxy groups -OCH3 is 1. The molecule has 0 bridgehead atoms. The number of nitrogens with zero attached hydrogens (tertiary/aromatic N) is 2. The number of aliphatic imine (C=N–C) groups is 1. The highest BCUT2D eigenvalue weighted by molar-refractivity contribution is 8.16. The lowest BCUT2D eigenvalue weighted by molar-refractivity contribution is -0.136. The summed E-state index contributed by atoms with van der Waals surface area (Å²) in [7, 11) is 1.40. The number of amides is 1. The molecule has 1 aromatic rings. The minimum absolute atomic E-state index is 0.00317. The van der Waals surface area contributed by atoms with E-state index in [1.807, 2.05) is 48.4 Å². The lowest BCUT2D eigenvalue weighted by atomic mass is 9.90. The third-order valence-corrected chi connectivity index (χ3v) is 6.63. The van der Waals surface area contributed by atoms with Crippen molar-refractivity contribution in [3.8, 4) is 0 Å². The van der Waals surface area contributed by atoms with Crippen LogP contribution in [0.2, 0.25) is 0 Å². The molecule has 0 radical (unpaired) electrons. The molecule has 0 saturated heterocycles. The maximum absolute atomic E-state index is 12.9. The van der Waals surface area contributed by atoms with Gasteiger partial charge < -0.3 is 15.0 Å². The van der Waals surface area contributed by atoms with E-state index < -0.39 is 0 Å². The Morgan fingerprint density at radius 1 is 1.30 bits per heavy atom. The van der Waals surface area contributed by atoms with Crippen LogP contribution < -0.4 is 5.32 Å². The number of allylic oxidation sites excluding steroid dienone is 1. The minimum atomic E-state index is -0.377. The molecule has 0 unspecified atom stereocenters. The van der Waals surface area contributed by atoms with Gasteiger partial charge in [-0.05, 0) is 48.6 Å². The number of hydrogen-bond acceptors (Lipinski definition) is 6. The van der Waals surface area contributed by atoms with Crippen molar-refractivity contribution in [2.45, 2.75) is 45.6 Å². The highest BCUT2D eigenvalue weighted by Gasteiger charge is 2.41. The molecule has 1 amide bonds. The van der Waals surface area contributed by atoms with E-state index in [0.29, 0.717) is 17.9 Å². The van der Waals surface area contributed by atoms with Crippen LogP contribution in [0.4, 0.5) is 0 Å². The normalized spacial score (nSPS) is 20.5. The molecule has 3 aliphatic rings. The molecule has 158 valence electrons. The first-order valence-corrected chi connectivity index (χ1v) is 11.3. The Labute approximate surface area is 181 Å². The molecule has 7 heteroatoms. The van der Waals surface area contributed by atoms with Crippen molar-refractivity contribution < 1.29 is 14.3 Å². The summed E-state index contributed by atoms with van der Waals surface area (Å²) in [5.41, 5.74) is 4.24. The van der Waals surface area contributed by atoms with Gasteiger partial charge in [-0.1, -0.05) is 43.0 Å². The van der Waals surface area contributed by atoms with E-state index in [-0.39, 0.29) is 24.3 Å². The molecule has 0 spiro atoms. The first kappa shape index (κ1) is 20.7. The Bertz CT molecular complexity index is 962. The third-order valence-electron chi connectivity index (χ3n) is 5.74. The van der Waals surface area contributed by atoms with Crippen LogP contribution in [-0.4, -0.2) is 35.6 Å². The molecule has 30 heavy (non-hydrogen) atoms. The van der Waals surface area contributed by atoms with Crippen LogP contribution in [0.5, 0.6) is 0 Å². The average molecular weight is 426 g/mol. The maximum Gasteiger partial charge on any atom is 0.338 e. The van der Waals surface area contributed by atoms with Crippen molar-refractivity contribution in [3.63, 3.8) is 0 Å². The summed E-state index contributed by atoms with van der Waals surface area (Å²) in [6, 6.07) is 7.67. The monoisotopic (exact) mass is 425 g/mol. The van der Waals surface area contributed by atoms with Crippen LogP contribution in [0.1, 0.15) is 49.8 Å². The Hall–Kier alpha value is -2.54. The van der Waals surface area contributed by atoms with E-state index >= 15 is 0 Å². The minimum Gasteiger partial charge on any atom is -0.466 e. The van der Waals surface area contributed by atoms with Gasteiger partial charge in [-0.25, -0.2) is 9.79 Å². The fraction of sp³-hybridized carbons (Fsp3) is 0.435. The van der Waals surface area contributed by atoms with Gasteiger partial charge in [0.1, 0.15) is 0 Å². The van der Waals surface area contributed by atoms with Crippen LogP contribution in [0, 0.1) is 12.8 Å². The van der Waals surface area contributed by atoms with Crippen LogP contribution >= 0.6 is 11.8 Å². The van der Waals surface area contributed by atoms with E-state index in [4.69, 9.17) is 9.73 Å². The Morgan fingerprint density at radius 3 is 2.73 bits per heavy atom. The third kappa shape index (κ3) is 4.03. The van der Waals surface area contributed by atoms with E-state index in [2.05, 4.69) is 5.32 Å². The lowest BCUT2D eigenvalue weighted by Gasteiger charge is -2.37. The quantitative estimate of drug-likeness (QED) is 0.668. The number of esters is 1. The zero-order chi connectivity index (χ0) is 21.3. The number of amidine groups is 1. The Morgan fingerprint density at radius 2 is 2.07 bits per heavy atom. The van der Waals surface area contributed by atoms with Gasteiger partial charge in [-0.3, -0.25) is 4.79 Å². The summed E-state index contributed by atoms with van der Waals surface area (Å²) in [5.74, 6) is 0.259. The van der Waals surface area contributed by atoms with Crippen molar-refractivity contribution in [2.24, 2.45) is 10.9 Å². The van der Waals surface area contributed by atoms with Crippen molar-refractivity contribution in [3.05, 3.63) is 57.8 Å². The zero-order valence-electron chi connectivity index (χ0n) is 17.6. The van der Waals surface area contributed by atoms with Crippen molar-refractivity contribution >= 4 is 28.8 Å². The zero-order valence-corrected chi connectivity index (χ0v) is 18.4. The molecule has 1 atom stereocenters. The van der Waals surface area contributed by atoms with Crippen molar-refractivity contribution in [1.82, 2.24) is 10.2 Å². The second-order valence-electron chi connectivity index (χ2n) is 7.88. The number of thioether (sulfide) groups is 1. The summed E-state index contributed by atoms with van der Waals surface area (Å²) < 4.78 is 5.15. The van der Waals surface area contributed by atoms with Crippen molar-refractivity contribution in [2.75, 3.05) is 13.7 Å². The number of nitrogens with one attached hydrogen (secondary N) is 1. The van der Waals surface area contributed by atoms with Gasteiger partial charge >= 0.3 is 5.97 Å². The molecule has 4 rings (SSSR count). The summed E-state index contributed by atoms with van der Waals surface area (Å²) in [6.45, 7) is 4.77. The highest BCUT2D eigenvalue weighted by atomic mass is 32.2. The van der Waals surface area contributed by atoms with Crippen LogP contribution in [0.15, 0.2) is 51.6 Å². The Balaban J connectivity index is 1.70. The van der Waals surface area contributed by atoms with Crippen LogP contribution in [0.3, 0.4) is 0 Å². The average Bonchev–Trinajstić information content (AvgIpc) is 3.51. The number of carbonyl (C=O) groups is 2. The molecule has 1 fully saturated rings. The van der Waals surface area contributed by atoms with E-state index in [1.54, 1.807) is 0 Å². The number of aryl methyl sites for hydroxylation is 1. The number of hydrogen-bond donors (Lipinski definition) is 1. The smallest absolute Gasteiger partial charge is 0.338 e. The number of rotatable bonds is 7. The molecule has 1 N–H and O–H groups in total. The number of fused-ring (bicyclic) bond motifs is 1. The molecular weight excluding hydrogens is 398 g/mol. The molecule has 6 nitrogen and oxygen atoms in total. The summed E-state index contributed by atoms with van der Waals surface area (Å²) in [5, 5.41) is 5.82. The molecule has 1 aromatic carbocycles. The summed E-state index contributed by atoms with van der Waals surface area (Å²) >= 11 is 1.51. The SMILES string of the molecule is CCC1=C(C(=O)OC)[C@H](c2ccccc2C)N2C(CC(=O)NCC3CC3)=CSC2=N1. The molecule has 0 aromatic heterocycles. The molecule has 1 saturated carbocycles. The summed E-state index contributed by atoms with van der Waals surface area (Å²) in [6.07, 6.45) is 3.29. The predicted octanol–water partition coefficient (Wildman–Crippen LogP) is 4.05. The molecule has 2 aliphatic heterocycles. The van der Waals surface area contributed by atoms with E-state index in [1.165, 1.54) is 31.7 Å². The fourth-order valence-electron chi connectivity index (χ4n) is 3.91. The van der Waals surface area contributed by atoms with E-state index in [0.717, 1.165) is 34.2 Å². The number of ether oxygens (including phenoxy) is 1. The van der Waals surface area contributed by atoms with Gasteiger partial charge in [-0.2, -0.15) is 0 Å². The first-order chi connectivity index (χ1) is 14.5. The topological polar surface area (TPSA) is 71.0 Å². The van der Waals surface area contributed by atoms with Crippen LogP contribution in [-0.2, 0) is 14.3 Å². The number of benzene rings is 1.